The lowest BCUT2D eigenvalue weighted by atomic mass is 9.96. The van der Waals surface area contributed by atoms with Gasteiger partial charge in [-0.3, -0.25) is 9.59 Å². The number of nitrogens with two attached hydrogens (primary N) is 1. The zero-order valence-corrected chi connectivity index (χ0v) is 19.9. The van der Waals surface area contributed by atoms with Crippen LogP contribution in [-0.2, 0) is 26.2 Å². The number of hydrogen-bond donors (Lipinski definition) is 1. The smallest absolute Gasteiger partial charge is 0.243 e. The van der Waals surface area contributed by atoms with Gasteiger partial charge in [0.2, 0.25) is 21.8 Å². The molecule has 0 atom stereocenters. The van der Waals surface area contributed by atoms with Crippen LogP contribution in [0, 0.1) is 5.92 Å². The Morgan fingerprint density at radius 1 is 1.06 bits per heavy atom. The van der Waals surface area contributed by atoms with E-state index in [2.05, 4.69) is 15.9 Å². The number of nitrogens with zero attached hydrogens (tertiary/aromatic N) is 2. The van der Waals surface area contributed by atoms with Crippen LogP contribution in [0.15, 0.2) is 57.9 Å². The van der Waals surface area contributed by atoms with Crippen molar-refractivity contribution in [2.45, 2.75) is 24.3 Å². The van der Waals surface area contributed by atoms with E-state index >= 15 is 0 Å². The molecule has 166 valence electrons. The first-order valence-corrected chi connectivity index (χ1v) is 12.3. The number of piperidine rings is 1. The molecule has 0 aliphatic carbocycles. The third-order valence-corrected chi connectivity index (χ3v) is 7.87. The molecule has 1 aliphatic heterocycles. The van der Waals surface area contributed by atoms with E-state index in [9.17, 15) is 18.0 Å². The summed E-state index contributed by atoms with van der Waals surface area (Å²) in [4.78, 5) is 26.0. The highest BCUT2D eigenvalue weighted by molar-refractivity contribution is 9.10. The molecule has 1 saturated heterocycles. The monoisotopic (exact) mass is 527 g/mol. The Hall–Kier alpha value is -1.94. The van der Waals surface area contributed by atoms with Gasteiger partial charge in [-0.15, -0.1) is 0 Å². The molecule has 0 unspecified atom stereocenters. The number of primary amides is 1. The molecule has 31 heavy (non-hydrogen) atoms. The number of halogens is 2. The van der Waals surface area contributed by atoms with Gasteiger partial charge in [-0.25, -0.2) is 8.42 Å². The highest BCUT2D eigenvalue weighted by atomic mass is 79.9. The number of sulfonamides is 1. The number of amides is 2. The summed E-state index contributed by atoms with van der Waals surface area (Å²) in [6.07, 6.45) is 0.968. The number of carbonyl (C=O) groups excluding carboxylic acids is 2. The Kier molecular flexibility index (Phi) is 7.74. The van der Waals surface area contributed by atoms with Gasteiger partial charge in [-0.05, 0) is 54.8 Å². The molecule has 1 fully saturated rings. The van der Waals surface area contributed by atoms with E-state index in [1.165, 1.54) is 28.6 Å². The average Bonchev–Trinajstić information content (AvgIpc) is 2.75. The van der Waals surface area contributed by atoms with Gasteiger partial charge in [-0.2, -0.15) is 4.31 Å². The van der Waals surface area contributed by atoms with Crippen LogP contribution < -0.4 is 5.73 Å². The van der Waals surface area contributed by atoms with Crippen LogP contribution in [0.2, 0.25) is 5.02 Å². The molecule has 0 saturated carbocycles. The van der Waals surface area contributed by atoms with Gasteiger partial charge in [0.1, 0.15) is 0 Å². The van der Waals surface area contributed by atoms with Gasteiger partial charge < -0.3 is 10.6 Å². The summed E-state index contributed by atoms with van der Waals surface area (Å²) in [6.45, 7) is 0.489. The van der Waals surface area contributed by atoms with Crippen molar-refractivity contribution in [3.05, 3.63) is 63.6 Å². The molecule has 3 rings (SSSR count). The lowest BCUT2D eigenvalue weighted by molar-refractivity contribution is -0.135. The molecule has 0 spiro atoms. The second-order valence-electron chi connectivity index (χ2n) is 7.41. The summed E-state index contributed by atoms with van der Waals surface area (Å²) >= 11 is 9.26. The first kappa shape index (κ1) is 23.7. The molecule has 2 N–H and O–H groups in total. The quantitative estimate of drug-likeness (QED) is 0.597. The SMILES string of the molecule is NC(=O)C1CCN(C(=O)CN(Cc2ccc(Br)cc2)S(=O)(=O)c2ccc(Cl)cc2)CC1. The first-order valence-electron chi connectivity index (χ1n) is 9.74. The van der Waals surface area contributed by atoms with E-state index in [-0.39, 0.29) is 35.7 Å². The summed E-state index contributed by atoms with van der Waals surface area (Å²) in [5, 5.41) is 0.423. The Labute approximate surface area is 195 Å². The van der Waals surface area contributed by atoms with Crippen molar-refractivity contribution >= 4 is 49.4 Å². The average molecular weight is 529 g/mol. The van der Waals surface area contributed by atoms with Gasteiger partial charge in [0.05, 0.1) is 11.4 Å². The lowest BCUT2D eigenvalue weighted by Gasteiger charge is -2.32. The van der Waals surface area contributed by atoms with Crippen molar-refractivity contribution in [1.82, 2.24) is 9.21 Å². The third kappa shape index (κ3) is 6.06. The largest absolute Gasteiger partial charge is 0.369 e. The lowest BCUT2D eigenvalue weighted by Crippen LogP contribution is -2.46. The number of benzene rings is 2. The summed E-state index contributed by atoms with van der Waals surface area (Å²) < 4.78 is 28.7. The summed E-state index contributed by atoms with van der Waals surface area (Å²) in [5.41, 5.74) is 6.11. The molecule has 1 aliphatic rings. The van der Waals surface area contributed by atoms with Crippen molar-refractivity contribution < 1.29 is 18.0 Å². The molecule has 1 heterocycles. The van der Waals surface area contributed by atoms with E-state index in [0.29, 0.717) is 31.0 Å². The van der Waals surface area contributed by atoms with Crippen LogP contribution in [-0.4, -0.2) is 49.1 Å². The fourth-order valence-corrected chi connectivity index (χ4v) is 5.21. The van der Waals surface area contributed by atoms with E-state index in [1.807, 2.05) is 12.1 Å². The summed E-state index contributed by atoms with van der Waals surface area (Å²) in [5.74, 6) is -0.924. The van der Waals surface area contributed by atoms with E-state index in [4.69, 9.17) is 17.3 Å². The van der Waals surface area contributed by atoms with Crippen LogP contribution in [0.5, 0.6) is 0 Å². The zero-order valence-electron chi connectivity index (χ0n) is 16.7. The minimum absolute atomic E-state index is 0.0434. The van der Waals surface area contributed by atoms with Gasteiger partial charge in [0, 0.05) is 35.0 Å². The number of carbonyl (C=O) groups is 2. The number of rotatable bonds is 7. The number of hydrogen-bond acceptors (Lipinski definition) is 4. The van der Waals surface area contributed by atoms with Crippen LogP contribution in [0.1, 0.15) is 18.4 Å². The van der Waals surface area contributed by atoms with Crippen LogP contribution in [0.4, 0.5) is 0 Å². The number of likely N-dealkylation sites (tertiary alicyclic amines) is 1. The van der Waals surface area contributed by atoms with Gasteiger partial charge in [0.25, 0.3) is 0 Å². The standard InChI is InChI=1S/C21H23BrClN3O4S/c22-17-3-1-15(2-4-17)13-26(31(29,30)19-7-5-18(23)6-8-19)14-20(27)25-11-9-16(10-12-25)21(24)28/h1-8,16H,9-14H2,(H2,24,28). The molecule has 2 amide bonds. The second-order valence-corrected chi connectivity index (χ2v) is 10.7. The predicted octanol–water partition coefficient (Wildman–Crippen LogP) is 3.02. The molecule has 0 bridgehead atoms. The van der Waals surface area contributed by atoms with Crippen molar-refractivity contribution in [2.24, 2.45) is 11.7 Å². The fourth-order valence-electron chi connectivity index (χ4n) is 3.44. The molecular formula is C21H23BrClN3O4S. The first-order chi connectivity index (χ1) is 14.7. The van der Waals surface area contributed by atoms with Crippen LogP contribution >= 0.6 is 27.5 Å². The maximum atomic E-state index is 13.3. The van der Waals surface area contributed by atoms with Gasteiger partial charge in [-0.1, -0.05) is 39.7 Å². The third-order valence-electron chi connectivity index (χ3n) is 5.29. The minimum atomic E-state index is -3.94. The van der Waals surface area contributed by atoms with Crippen molar-refractivity contribution in [3.63, 3.8) is 0 Å². The normalized spacial score (nSPS) is 15.3. The molecule has 7 nitrogen and oxygen atoms in total. The topological polar surface area (TPSA) is 101 Å². The molecular weight excluding hydrogens is 506 g/mol. The molecule has 2 aromatic rings. The van der Waals surface area contributed by atoms with Crippen LogP contribution in [0.25, 0.3) is 0 Å². The predicted molar refractivity (Wildman–Crippen MR) is 122 cm³/mol. The molecule has 2 aromatic carbocycles. The van der Waals surface area contributed by atoms with E-state index in [0.717, 1.165) is 10.0 Å². The Morgan fingerprint density at radius 3 is 2.19 bits per heavy atom. The molecule has 10 heteroatoms. The Balaban J connectivity index is 1.81. The zero-order chi connectivity index (χ0) is 22.6. The highest BCUT2D eigenvalue weighted by Gasteiger charge is 2.31. The minimum Gasteiger partial charge on any atom is -0.369 e. The summed E-state index contributed by atoms with van der Waals surface area (Å²) in [6, 6.07) is 13.1. The molecule has 0 radical (unpaired) electrons. The van der Waals surface area contributed by atoms with E-state index in [1.54, 1.807) is 17.0 Å². The van der Waals surface area contributed by atoms with Crippen molar-refractivity contribution in [1.29, 1.82) is 0 Å². The maximum absolute atomic E-state index is 13.3. The van der Waals surface area contributed by atoms with Gasteiger partial charge >= 0.3 is 0 Å². The van der Waals surface area contributed by atoms with Gasteiger partial charge in [0.15, 0.2) is 0 Å². The van der Waals surface area contributed by atoms with Crippen molar-refractivity contribution in [2.75, 3.05) is 19.6 Å². The van der Waals surface area contributed by atoms with Crippen molar-refractivity contribution in [3.8, 4) is 0 Å². The fraction of sp³-hybridized carbons (Fsp3) is 0.333. The molecule has 0 aromatic heterocycles. The Morgan fingerprint density at radius 2 is 1.65 bits per heavy atom. The second kappa shape index (κ2) is 10.1. The summed E-state index contributed by atoms with van der Waals surface area (Å²) in [7, 11) is -3.94. The van der Waals surface area contributed by atoms with Crippen LogP contribution in [0.3, 0.4) is 0 Å². The van der Waals surface area contributed by atoms with E-state index < -0.39 is 10.0 Å². The maximum Gasteiger partial charge on any atom is 0.243 e. The Bertz CT molecular complexity index is 1040. The highest BCUT2D eigenvalue weighted by Crippen LogP contribution is 2.23.